The number of rotatable bonds is 7. The lowest BCUT2D eigenvalue weighted by molar-refractivity contribution is 0.313. The number of nitrogens with zero attached hydrogens (tertiary/aromatic N) is 3. The Morgan fingerprint density at radius 3 is 3.00 bits per heavy atom. The third-order valence-corrected chi connectivity index (χ3v) is 3.49. The van der Waals surface area contributed by atoms with E-state index in [4.69, 9.17) is 10.9 Å². The Kier molecular flexibility index (Phi) is 3.86. The quantitative estimate of drug-likeness (QED) is 0.289. The lowest BCUT2D eigenvalue weighted by atomic mass is 10.0. The lowest BCUT2D eigenvalue weighted by Gasteiger charge is -2.19. The molecule has 2 rings (SSSR count). The summed E-state index contributed by atoms with van der Waals surface area (Å²) in [6.07, 6.45) is 6.70. The fraction of sp³-hybridized carbons (Fsp3) is 0.667. The van der Waals surface area contributed by atoms with Crippen LogP contribution in [0.4, 0.5) is 0 Å². The first-order valence-corrected chi connectivity index (χ1v) is 6.31. The molecule has 6 nitrogen and oxygen atoms in total. The molecule has 1 unspecified atom stereocenters. The molecular weight excluding hydrogens is 230 g/mol. The van der Waals surface area contributed by atoms with E-state index in [1.165, 1.54) is 0 Å². The zero-order valence-corrected chi connectivity index (χ0v) is 10.7. The first kappa shape index (κ1) is 12.9. The highest BCUT2D eigenvalue weighted by Crippen LogP contribution is 2.48. The van der Waals surface area contributed by atoms with Gasteiger partial charge in [0.15, 0.2) is 0 Å². The summed E-state index contributed by atoms with van der Waals surface area (Å²) in [5, 5.41) is 19.3. The van der Waals surface area contributed by atoms with Crippen LogP contribution in [0.3, 0.4) is 0 Å². The monoisotopic (exact) mass is 251 g/mol. The Labute approximate surface area is 107 Å². The standard InChI is InChI=1S/C12H21N5O/c1-10(8-17-6-2-5-15-17)14-9-12(3-4-12)7-11(13)16-18/h2,5-6,10,14,18H,3-4,7-9H2,1H3,(H2,13,16). The molecule has 1 saturated carbocycles. The zero-order valence-electron chi connectivity index (χ0n) is 10.7. The molecule has 1 atom stereocenters. The van der Waals surface area contributed by atoms with Crippen molar-refractivity contribution in [3.63, 3.8) is 0 Å². The first-order chi connectivity index (χ1) is 8.63. The van der Waals surface area contributed by atoms with Gasteiger partial charge >= 0.3 is 0 Å². The van der Waals surface area contributed by atoms with Crippen molar-refractivity contribution >= 4 is 5.84 Å². The zero-order chi connectivity index (χ0) is 13.0. The van der Waals surface area contributed by atoms with Gasteiger partial charge in [-0.15, -0.1) is 0 Å². The molecule has 0 aromatic carbocycles. The van der Waals surface area contributed by atoms with Crippen LogP contribution in [0, 0.1) is 5.41 Å². The summed E-state index contributed by atoms with van der Waals surface area (Å²) in [7, 11) is 0. The summed E-state index contributed by atoms with van der Waals surface area (Å²) in [5.74, 6) is 0.328. The highest BCUT2D eigenvalue weighted by Gasteiger charge is 2.43. The van der Waals surface area contributed by atoms with Crippen LogP contribution in [0.1, 0.15) is 26.2 Å². The Balaban J connectivity index is 1.74. The average molecular weight is 251 g/mol. The predicted molar refractivity (Wildman–Crippen MR) is 69.4 cm³/mol. The van der Waals surface area contributed by atoms with Crippen molar-refractivity contribution < 1.29 is 5.21 Å². The van der Waals surface area contributed by atoms with Gasteiger partial charge in [-0.25, -0.2) is 0 Å². The van der Waals surface area contributed by atoms with Crippen molar-refractivity contribution in [2.75, 3.05) is 6.54 Å². The van der Waals surface area contributed by atoms with Crippen LogP contribution in [0.2, 0.25) is 0 Å². The summed E-state index contributed by atoms with van der Waals surface area (Å²) >= 11 is 0. The van der Waals surface area contributed by atoms with Crippen molar-refractivity contribution in [2.24, 2.45) is 16.3 Å². The summed E-state index contributed by atoms with van der Waals surface area (Å²) < 4.78 is 1.92. The summed E-state index contributed by atoms with van der Waals surface area (Å²) in [5.41, 5.74) is 5.78. The van der Waals surface area contributed by atoms with Crippen LogP contribution in [0.25, 0.3) is 0 Å². The normalized spacial score (nSPS) is 19.7. The molecule has 1 aliphatic carbocycles. The number of nitrogens with one attached hydrogen (secondary N) is 1. The smallest absolute Gasteiger partial charge is 0.139 e. The third kappa shape index (κ3) is 3.46. The number of aromatic nitrogens is 2. The topological polar surface area (TPSA) is 88.5 Å². The predicted octanol–water partition coefficient (Wildman–Crippen LogP) is 0.778. The van der Waals surface area contributed by atoms with Gasteiger partial charge in [0.05, 0.1) is 6.54 Å². The van der Waals surface area contributed by atoms with Gasteiger partial charge in [-0.1, -0.05) is 5.16 Å². The summed E-state index contributed by atoms with van der Waals surface area (Å²) in [6.45, 7) is 3.90. The van der Waals surface area contributed by atoms with Crippen molar-refractivity contribution in [3.8, 4) is 0 Å². The Bertz CT molecular complexity index is 397. The number of hydrogen-bond donors (Lipinski definition) is 3. The van der Waals surface area contributed by atoms with Gasteiger partial charge in [0.1, 0.15) is 5.84 Å². The molecule has 0 bridgehead atoms. The highest BCUT2D eigenvalue weighted by atomic mass is 16.4. The minimum absolute atomic E-state index is 0.203. The molecule has 0 spiro atoms. The van der Waals surface area contributed by atoms with Gasteiger partial charge in [0.2, 0.25) is 0 Å². The molecule has 1 aliphatic rings. The Morgan fingerprint density at radius 1 is 1.67 bits per heavy atom. The van der Waals surface area contributed by atoms with Gasteiger partial charge in [0, 0.05) is 31.4 Å². The Hall–Kier alpha value is -1.56. The van der Waals surface area contributed by atoms with Crippen LogP contribution in [-0.2, 0) is 6.54 Å². The summed E-state index contributed by atoms with van der Waals surface area (Å²) in [4.78, 5) is 0. The average Bonchev–Trinajstić information content (AvgIpc) is 2.92. The van der Waals surface area contributed by atoms with Crippen molar-refractivity contribution in [1.82, 2.24) is 15.1 Å². The maximum Gasteiger partial charge on any atom is 0.139 e. The Morgan fingerprint density at radius 2 is 2.44 bits per heavy atom. The molecule has 0 radical (unpaired) electrons. The maximum atomic E-state index is 8.61. The molecule has 1 aromatic rings. The molecule has 1 fully saturated rings. The van der Waals surface area contributed by atoms with E-state index in [0.29, 0.717) is 18.3 Å². The van der Waals surface area contributed by atoms with E-state index in [-0.39, 0.29) is 5.41 Å². The number of amidine groups is 1. The second kappa shape index (κ2) is 5.39. The summed E-state index contributed by atoms with van der Waals surface area (Å²) in [6, 6.07) is 2.28. The maximum absolute atomic E-state index is 8.61. The number of nitrogens with two attached hydrogens (primary N) is 1. The van der Waals surface area contributed by atoms with E-state index in [9.17, 15) is 0 Å². The minimum atomic E-state index is 0.203. The van der Waals surface area contributed by atoms with E-state index in [0.717, 1.165) is 25.9 Å². The van der Waals surface area contributed by atoms with Crippen LogP contribution in [0.5, 0.6) is 0 Å². The molecule has 6 heteroatoms. The van der Waals surface area contributed by atoms with E-state index in [2.05, 4.69) is 22.5 Å². The van der Waals surface area contributed by atoms with Crippen molar-refractivity contribution in [3.05, 3.63) is 18.5 Å². The minimum Gasteiger partial charge on any atom is -0.409 e. The van der Waals surface area contributed by atoms with Crippen molar-refractivity contribution in [1.29, 1.82) is 0 Å². The SMILES string of the molecule is CC(Cn1cccn1)NCC1(CC(N)=NO)CC1. The lowest BCUT2D eigenvalue weighted by Crippen LogP contribution is -2.36. The molecule has 1 heterocycles. The molecule has 1 aromatic heterocycles. The second-order valence-electron chi connectivity index (χ2n) is 5.28. The molecule has 0 amide bonds. The highest BCUT2D eigenvalue weighted by molar-refractivity contribution is 5.80. The number of hydrogen-bond acceptors (Lipinski definition) is 4. The molecule has 4 N–H and O–H groups in total. The molecule has 100 valence electrons. The van der Waals surface area contributed by atoms with E-state index in [1.54, 1.807) is 6.20 Å². The third-order valence-electron chi connectivity index (χ3n) is 3.49. The molecular formula is C12H21N5O. The van der Waals surface area contributed by atoms with Crippen LogP contribution < -0.4 is 11.1 Å². The van der Waals surface area contributed by atoms with Gasteiger partial charge in [-0.05, 0) is 31.2 Å². The van der Waals surface area contributed by atoms with E-state index < -0.39 is 0 Å². The first-order valence-electron chi connectivity index (χ1n) is 6.31. The van der Waals surface area contributed by atoms with Crippen molar-refractivity contribution in [2.45, 2.75) is 38.8 Å². The van der Waals surface area contributed by atoms with Gasteiger partial charge < -0.3 is 16.3 Å². The van der Waals surface area contributed by atoms with Crippen LogP contribution in [0.15, 0.2) is 23.6 Å². The van der Waals surface area contributed by atoms with Crippen LogP contribution in [-0.4, -0.2) is 33.4 Å². The van der Waals surface area contributed by atoms with E-state index in [1.807, 2.05) is 16.9 Å². The largest absolute Gasteiger partial charge is 0.409 e. The number of oxime groups is 1. The van der Waals surface area contributed by atoms with E-state index >= 15 is 0 Å². The van der Waals surface area contributed by atoms with Crippen LogP contribution >= 0.6 is 0 Å². The molecule has 0 saturated heterocycles. The fourth-order valence-corrected chi connectivity index (χ4v) is 2.16. The molecule has 0 aliphatic heterocycles. The molecule has 18 heavy (non-hydrogen) atoms. The van der Waals surface area contributed by atoms with Gasteiger partial charge in [-0.2, -0.15) is 5.10 Å². The fourth-order valence-electron chi connectivity index (χ4n) is 2.16. The van der Waals surface area contributed by atoms with Gasteiger partial charge in [-0.3, -0.25) is 4.68 Å². The second-order valence-corrected chi connectivity index (χ2v) is 5.28. The van der Waals surface area contributed by atoms with Gasteiger partial charge in [0.25, 0.3) is 0 Å².